The van der Waals surface area contributed by atoms with Crippen LogP contribution in [-0.4, -0.2) is 13.1 Å². The van der Waals surface area contributed by atoms with Crippen LogP contribution in [0, 0.1) is 0 Å². The SMILES string of the molecule is CCCC(Cc1ccccc1Cl)NC. The summed E-state index contributed by atoms with van der Waals surface area (Å²) < 4.78 is 0. The monoisotopic (exact) mass is 211 g/mol. The molecule has 0 fully saturated rings. The van der Waals surface area contributed by atoms with Crippen LogP contribution >= 0.6 is 11.6 Å². The van der Waals surface area contributed by atoms with Crippen LogP contribution in [0.5, 0.6) is 0 Å². The summed E-state index contributed by atoms with van der Waals surface area (Å²) in [6, 6.07) is 8.61. The molecule has 0 heterocycles. The molecular formula is C12H18ClN. The van der Waals surface area contributed by atoms with Gasteiger partial charge in [0.2, 0.25) is 0 Å². The van der Waals surface area contributed by atoms with Gasteiger partial charge in [0, 0.05) is 11.1 Å². The van der Waals surface area contributed by atoms with E-state index in [1.165, 1.54) is 18.4 Å². The third-order valence-corrected chi connectivity index (χ3v) is 2.84. The van der Waals surface area contributed by atoms with Gasteiger partial charge in [-0.2, -0.15) is 0 Å². The van der Waals surface area contributed by atoms with E-state index in [0.717, 1.165) is 11.4 Å². The van der Waals surface area contributed by atoms with Crippen LogP contribution in [0.15, 0.2) is 24.3 Å². The van der Waals surface area contributed by atoms with E-state index in [9.17, 15) is 0 Å². The molecule has 1 aromatic carbocycles. The summed E-state index contributed by atoms with van der Waals surface area (Å²) in [6.45, 7) is 2.21. The average molecular weight is 212 g/mol. The molecule has 0 saturated heterocycles. The third kappa shape index (κ3) is 3.32. The number of rotatable bonds is 5. The number of nitrogens with one attached hydrogen (secondary N) is 1. The molecular weight excluding hydrogens is 194 g/mol. The van der Waals surface area contributed by atoms with Crippen LogP contribution in [-0.2, 0) is 6.42 Å². The molecule has 0 aliphatic rings. The Hall–Kier alpha value is -0.530. The summed E-state index contributed by atoms with van der Waals surface area (Å²) in [5.41, 5.74) is 1.24. The molecule has 1 nitrogen and oxygen atoms in total. The maximum Gasteiger partial charge on any atom is 0.0438 e. The van der Waals surface area contributed by atoms with E-state index in [4.69, 9.17) is 11.6 Å². The first kappa shape index (κ1) is 11.5. The molecule has 0 spiro atoms. The minimum Gasteiger partial charge on any atom is -0.317 e. The van der Waals surface area contributed by atoms with Crippen LogP contribution in [0.1, 0.15) is 25.3 Å². The van der Waals surface area contributed by atoms with Crippen molar-refractivity contribution in [2.45, 2.75) is 32.2 Å². The first-order chi connectivity index (χ1) is 6.77. The summed E-state index contributed by atoms with van der Waals surface area (Å²) in [7, 11) is 2.01. The zero-order valence-corrected chi connectivity index (χ0v) is 9.64. The molecule has 1 atom stereocenters. The van der Waals surface area contributed by atoms with Gasteiger partial charge in [-0.15, -0.1) is 0 Å². The molecule has 1 N–H and O–H groups in total. The molecule has 0 bridgehead atoms. The molecule has 0 saturated carbocycles. The van der Waals surface area contributed by atoms with Crippen molar-refractivity contribution in [1.29, 1.82) is 0 Å². The molecule has 0 aromatic heterocycles. The van der Waals surface area contributed by atoms with Crippen LogP contribution < -0.4 is 5.32 Å². The highest BCUT2D eigenvalue weighted by atomic mass is 35.5. The number of hydrogen-bond acceptors (Lipinski definition) is 1. The Morgan fingerprint density at radius 1 is 1.36 bits per heavy atom. The van der Waals surface area contributed by atoms with Crippen molar-refractivity contribution in [2.24, 2.45) is 0 Å². The topological polar surface area (TPSA) is 12.0 Å². The highest BCUT2D eigenvalue weighted by Gasteiger charge is 2.07. The van der Waals surface area contributed by atoms with E-state index in [1.807, 2.05) is 25.2 Å². The average Bonchev–Trinajstić information content (AvgIpc) is 2.20. The summed E-state index contributed by atoms with van der Waals surface area (Å²) in [5.74, 6) is 0. The fraction of sp³-hybridized carbons (Fsp3) is 0.500. The molecule has 0 aliphatic carbocycles. The molecule has 1 unspecified atom stereocenters. The van der Waals surface area contributed by atoms with E-state index in [-0.39, 0.29) is 0 Å². The van der Waals surface area contributed by atoms with Crippen molar-refractivity contribution >= 4 is 11.6 Å². The summed E-state index contributed by atoms with van der Waals surface area (Å²) in [4.78, 5) is 0. The van der Waals surface area contributed by atoms with Crippen LogP contribution in [0.3, 0.4) is 0 Å². The maximum absolute atomic E-state index is 6.10. The molecule has 0 amide bonds. The predicted octanol–water partition coefficient (Wildman–Crippen LogP) is 3.27. The van der Waals surface area contributed by atoms with Gasteiger partial charge in [-0.1, -0.05) is 43.1 Å². The lowest BCUT2D eigenvalue weighted by atomic mass is 10.0. The Labute approximate surface area is 91.5 Å². The van der Waals surface area contributed by atoms with Gasteiger partial charge in [0.25, 0.3) is 0 Å². The van der Waals surface area contributed by atoms with Crippen molar-refractivity contribution in [1.82, 2.24) is 5.32 Å². The lowest BCUT2D eigenvalue weighted by Crippen LogP contribution is -2.27. The Bertz CT molecular complexity index is 273. The molecule has 2 heteroatoms. The van der Waals surface area contributed by atoms with E-state index in [0.29, 0.717) is 6.04 Å². The second-order valence-electron chi connectivity index (χ2n) is 3.57. The Kier molecular flexibility index (Phi) is 4.99. The standard InChI is InChI=1S/C12H18ClN/c1-3-6-11(14-2)9-10-7-4-5-8-12(10)13/h4-5,7-8,11,14H,3,6,9H2,1-2H3. The first-order valence-electron chi connectivity index (χ1n) is 5.18. The molecule has 78 valence electrons. The van der Waals surface area contributed by atoms with Crippen LogP contribution in [0.2, 0.25) is 5.02 Å². The molecule has 0 aliphatic heterocycles. The highest BCUT2D eigenvalue weighted by Crippen LogP contribution is 2.17. The van der Waals surface area contributed by atoms with Gasteiger partial charge in [0.15, 0.2) is 0 Å². The largest absolute Gasteiger partial charge is 0.317 e. The maximum atomic E-state index is 6.10. The Balaban J connectivity index is 2.62. The van der Waals surface area contributed by atoms with Gasteiger partial charge in [-0.3, -0.25) is 0 Å². The van der Waals surface area contributed by atoms with Gasteiger partial charge in [-0.05, 0) is 31.5 Å². The van der Waals surface area contributed by atoms with E-state index in [1.54, 1.807) is 0 Å². The van der Waals surface area contributed by atoms with Gasteiger partial charge >= 0.3 is 0 Å². The Morgan fingerprint density at radius 3 is 2.64 bits per heavy atom. The number of benzene rings is 1. The van der Waals surface area contributed by atoms with Crippen molar-refractivity contribution in [3.63, 3.8) is 0 Å². The second-order valence-corrected chi connectivity index (χ2v) is 3.98. The predicted molar refractivity (Wildman–Crippen MR) is 62.9 cm³/mol. The number of likely N-dealkylation sites (N-methyl/N-ethyl adjacent to an activating group) is 1. The quantitative estimate of drug-likeness (QED) is 0.789. The van der Waals surface area contributed by atoms with Crippen LogP contribution in [0.25, 0.3) is 0 Å². The van der Waals surface area contributed by atoms with E-state index in [2.05, 4.69) is 18.3 Å². The van der Waals surface area contributed by atoms with E-state index < -0.39 is 0 Å². The fourth-order valence-corrected chi connectivity index (χ4v) is 1.84. The molecule has 1 aromatic rings. The molecule has 14 heavy (non-hydrogen) atoms. The lowest BCUT2D eigenvalue weighted by Gasteiger charge is -2.15. The zero-order chi connectivity index (χ0) is 10.4. The third-order valence-electron chi connectivity index (χ3n) is 2.47. The van der Waals surface area contributed by atoms with Crippen molar-refractivity contribution in [3.05, 3.63) is 34.9 Å². The summed E-state index contributed by atoms with van der Waals surface area (Å²) >= 11 is 6.10. The summed E-state index contributed by atoms with van der Waals surface area (Å²) in [5, 5.41) is 4.20. The van der Waals surface area contributed by atoms with Crippen molar-refractivity contribution < 1.29 is 0 Å². The van der Waals surface area contributed by atoms with Crippen molar-refractivity contribution in [3.8, 4) is 0 Å². The normalized spacial score (nSPS) is 12.8. The van der Waals surface area contributed by atoms with Crippen molar-refractivity contribution in [2.75, 3.05) is 7.05 Å². The van der Waals surface area contributed by atoms with Crippen LogP contribution in [0.4, 0.5) is 0 Å². The van der Waals surface area contributed by atoms with Gasteiger partial charge in [-0.25, -0.2) is 0 Å². The second kappa shape index (κ2) is 6.05. The number of hydrogen-bond donors (Lipinski definition) is 1. The smallest absolute Gasteiger partial charge is 0.0438 e. The summed E-state index contributed by atoms with van der Waals surface area (Å²) in [6.07, 6.45) is 3.42. The zero-order valence-electron chi connectivity index (χ0n) is 8.89. The lowest BCUT2D eigenvalue weighted by molar-refractivity contribution is 0.514. The first-order valence-corrected chi connectivity index (χ1v) is 5.56. The highest BCUT2D eigenvalue weighted by molar-refractivity contribution is 6.31. The molecule has 1 rings (SSSR count). The Morgan fingerprint density at radius 2 is 2.07 bits per heavy atom. The number of halogens is 1. The van der Waals surface area contributed by atoms with Gasteiger partial charge in [0.1, 0.15) is 0 Å². The van der Waals surface area contributed by atoms with E-state index >= 15 is 0 Å². The van der Waals surface area contributed by atoms with Gasteiger partial charge < -0.3 is 5.32 Å². The minimum atomic E-state index is 0.542. The van der Waals surface area contributed by atoms with Gasteiger partial charge in [0.05, 0.1) is 0 Å². The fourth-order valence-electron chi connectivity index (χ4n) is 1.63. The minimum absolute atomic E-state index is 0.542. The molecule has 0 radical (unpaired) electrons.